The number of hydrogen-bond acceptors (Lipinski definition) is 2. The summed E-state index contributed by atoms with van der Waals surface area (Å²) in [6, 6.07) is 0. The van der Waals surface area contributed by atoms with Gasteiger partial charge in [0.05, 0.1) is 0 Å². The fourth-order valence-electron chi connectivity index (χ4n) is 2.08. The van der Waals surface area contributed by atoms with E-state index in [1.165, 1.54) is 0 Å². The molecule has 0 aliphatic rings. The molecule has 0 amide bonds. The summed E-state index contributed by atoms with van der Waals surface area (Å²) < 4.78 is 0. The molecule has 0 heterocycles. The van der Waals surface area contributed by atoms with Gasteiger partial charge in [-0.1, -0.05) is 45.7 Å². The molecule has 0 bridgehead atoms. The number of nitroso groups, excluding NO2 is 1. The predicted octanol–water partition coefficient (Wildman–Crippen LogP) is 3.75. The van der Waals surface area contributed by atoms with Crippen LogP contribution in [0.4, 0.5) is 0 Å². The Morgan fingerprint density at radius 2 is 1.50 bits per heavy atom. The Morgan fingerprint density at radius 1 is 1.08 bits per heavy atom. The van der Waals surface area contributed by atoms with Gasteiger partial charge in [-0.3, -0.25) is 0 Å². The molecular formula is C10H21NO. The maximum Gasteiger partial charge on any atom is 0.105 e. The van der Waals surface area contributed by atoms with E-state index in [9.17, 15) is 4.91 Å². The lowest BCUT2D eigenvalue weighted by molar-refractivity contribution is 0.237. The van der Waals surface area contributed by atoms with Crippen LogP contribution >= 0.6 is 0 Å². The van der Waals surface area contributed by atoms with Gasteiger partial charge in [-0.15, -0.1) is 0 Å². The van der Waals surface area contributed by atoms with Crippen molar-refractivity contribution in [3.05, 3.63) is 4.91 Å². The van der Waals surface area contributed by atoms with E-state index in [-0.39, 0.29) is 5.54 Å². The average molecular weight is 171 g/mol. The maximum absolute atomic E-state index is 10.8. The molecule has 0 radical (unpaired) electrons. The zero-order valence-electron chi connectivity index (χ0n) is 8.76. The first-order valence-corrected chi connectivity index (χ1v) is 5.05. The Balaban J connectivity index is 4.53. The minimum Gasteiger partial charge on any atom is -0.150 e. The van der Waals surface area contributed by atoms with Crippen molar-refractivity contribution < 1.29 is 0 Å². The van der Waals surface area contributed by atoms with E-state index in [0.29, 0.717) is 5.92 Å². The summed E-state index contributed by atoms with van der Waals surface area (Å²) in [4.78, 5) is 10.8. The van der Waals surface area contributed by atoms with Gasteiger partial charge in [-0.05, 0) is 18.8 Å². The van der Waals surface area contributed by atoms with Crippen molar-refractivity contribution in [2.75, 3.05) is 0 Å². The molecule has 0 spiro atoms. The van der Waals surface area contributed by atoms with Crippen LogP contribution in [-0.4, -0.2) is 5.54 Å². The summed E-state index contributed by atoms with van der Waals surface area (Å²) in [7, 11) is 0. The minimum absolute atomic E-state index is 0.288. The Kier molecular flexibility index (Phi) is 5.11. The Hall–Kier alpha value is -0.400. The summed E-state index contributed by atoms with van der Waals surface area (Å²) >= 11 is 0. The van der Waals surface area contributed by atoms with Crippen molar-refractivity contribution in [2.24, 2.45) is 11.1 Å². The van der Waals surface area contributed by atoms with Crippen LogP contribution in [-0.2, 0) is 0 Å². The molecule has 2 heteroatoms. The van der Waals surface area contributed by atoms with Gasteiger partial charge in [0.25, 0.3) is 0 Å². The fourth-order valence-corrected chi connectivity index (χ4v) is 2.08. The largest absolute Gasteiger partial charge is 0.150 e. The molecular weight excluding hydrogens is 150 g/mol. The number of nitrogens with zero attached hydrogens (tertiary/aromatic N) is 1. The van der Waals surface area contributed by atoms with Crippen molar-refractivity contribution in [1.82, 2.24) is 0 Å². The van der Waals surface area contributed by atoms with Gasteiger partial charge in [0.2, 0.25) is 0 Å². The van der Waals surface area contributed by atoms with E-state index in [4.69, 9.17) is 0 Å². The van der Waals surface area contributed by atoms with Crippen LogP contribution in [0.1, 0.15) is 53.4 Å². The quantitative estimate of drug-likeness (QED) is 0.560. The van der Waals surface area contributed by atoms with Crippen LogP contribution in [0.25, 0.3) is 0 Å². The normalized spacial score (nSPS) is 12.1. The third-order valence-electron chi connectivity index (χ3n) is 3.15. The topological polar surface area (TPSA) is 29.4 Å². The summed E-state index contributed by atoms with van der Waals surface area (Å²) in [6.07, 6.45) is 3.87. The Morgan fingerprint density at radius 3 is 1.58 bits per heavy atom. The van der Waals surface area contributed by atoms with Crippen molar-refractivity contribution >= 4 is 0 Å². The van der Waals surface area contributed by atoms with Crippen LogP contribution in [0, 0.1) is 10.8 Å². The van der Waals surface area contributed by atoms with E-state index in [1.807, 2.05) is 0 Å². The minimum atomic E-state index is -0.288. The summed E-state index contributed by atoms with van der Waals surface area (Å²) in [6.45, 7) is 8.39. The van der Waals surface area contributed by atoms with E-state index in [1.54, 1.807) is 0 Å². The molecule has 0 saturated carbocycles. The highest BCUT2D eigenvalue weighted by atomic mass is 16.3. The van der Waals surface area contributed by atoms with Crippen molar-refractivity contribution in [1.29, 1.82) is 0 Å². The van der Waals surface area contributed by atoms with Crippen LogP contribution in [0.15, 0.2) is 5.18 Å². The second kappa shape index (κ2) is 5.28. The summed E-state index contributed by atoms with van der Waals surface area (Å²) in [5, 5.41) is 3.35. The highest BCUT2D eigenvalue weighted by molar-refractivity contribution is 4.90. The van der Waals surface area contributed by atoms with Crippen LogP contribution < -0.4 is 0 Å². The molecule has 0 fully saturated rings. The third kappa shape index (κ3) is 2.05. The molecule has 12 heavy (non-hydrogen) atoms. The zero-order chi connectivity index (χ0) is 9.61. The molecule has 0 aromatic rings. The molecule has 0 aliphatic heterocycles. The van der Waals surface area contributed by atoms with Gasteiger partial charge in [0.1, 0.15) is 5.54 Å². The maximum atomic E-state index is 10.8. The fraction of sp³-hybridized carbons (Fsp3) is 1.00. The van der Waals surface area contributed by atoms with Crippen LogP contribution in [0.3, 0.4) is 0 Å². The SMILES string of the molecule is CCC(CC)C(CC)(CC)N=O. The highest BCUT2D eigenvalue weighted by Gasteiger charge is 2.34. The molecule has 0 rings (SSSR count). The third-order valence-corrected chi connectivity index (χ3v) is 3.15. The molecule has 0 aliphatic carbocycles. The van der Waals surface area contributed by atoms with Gasteiger partial charge in [-0.2, -0.15) is 4.91 Å². The second-order valence-corrected chi connectivity index (χ2v) is 3.42. The molecule has 0 aromatic heterocycles. The molecule has 72 valence electrons. The Labute approximate surface area is 75.7 Å². The first-order chi connectivity index (χ1) is 5.70. The van der Waals surface area contributed by atoms with E-state index < -0.39 is 0 Å². The monoisotopic (exact) mass is 171 g/mol. The van der Waals surface area contributed by atoms with Gasteiger partial charge in [0, 0.05) is 0 Å². The first-order valence-electron chi connectivity index (χ1n) is 5.05. The highest BCUT2D eigenvalue weighted by Crippen LogP contribution is 2.33. The zero-order valence-corrected chi connectivity index (χ0v) is 8.76. The van der Waals surface area contributed by atoms with Gasteiger partial charge in [-0.25, -0.2) is 0 Å². The van der Waals surface area contributed by atoms with Crippen molar-refractivity contribution in [3.63, 3.8) is 0 Å². The lowest BCUT2D eigenvalue weighted by Crippen LogP contribution is -2.33. The lowest BCUT2D eigenvalue weighted by Gasteiger charge is -2.31. The van der Waals surface area contributed by atoms with Gasteiger partial charge >= 0.3 is 0 Å². The number of rotatable bonds is 6. The van der Waals surface area contributed by atoms with Gasteiger partial charge in [0.15, 0.2) is 0 Å². The average Bonchev–Trinajstić information content (AvgIpc) is 2.14. The van der Waals surface area contributed by atoms with Crippen LogP contribution in [0.5, 0.6) is 0 Å². The first kappa shape index (κ1) is 11.6. The number of hydrogen-bond donors (Lipinski definition) is 0. The standard InChI is InChI=1S/C10H21NO/c1-5-9(6-2)10(7-3,8-4)11-12/h9H,5-8H2,1-4H3. The molecule has 0 saturated heterocycles. The van der Waals surface area contributed by atoms with E-state index in [2.05, 4.69) is 32.9 Å². The van der Waals surface area contributed by atoms with Gasteiger partial charge < -0.3 is 0 Å². The van der Waals surface area contributed by atoms with E-state index >= 15 is 0 Å². The second-order valence-electron chi connectivity index (χ2n) is 3.42. The lowest BCUT2D eigenvalue weighted by atomic mass is 9.77. The van der Waals surface area contributed by atoms with Crippen LogP contribution in [0.2, 0.25) is 0 Å². The smallest absolute Gasteiger partial charge is 0.105 e. The molecule has 0 atom stereocenters. The predicted molar refractivity (Wildman–Crippen MR) is 53.2 cm³/mol. The molecule has 0 N–H and O–H groups in total. The Bertz CT molecular complexity index is 126. The summed E-state index contributed by atoms with van der Waals surface area (Å²) in [5.74, 6) is 0.463. The van der Waals surface area contributed by atoms with E-state index in [0.717, 1.165) is 25.7 Å². The molecule has 0 unspecified atom stereocenters. The molecule has 0 aromatic carbocycles. The van der Waals surface area contributed by atoms with Crippen molar-refractivity contribution in [2.45, 2.75) is 58.9 Å². The van der Waals surface area contributed by atoms with Crippen molar-refractivity contribution in [3.8, 4) is 0 Å². The molecule has 2 nitrogen and oxygen atoms in total. The summed E-state index contributed by atoms with van der Waals surface area (Å²) in [5.41, 5.74) is -0.288.